The van der Waals surface area contributed by atoms with Crippen molar-refractivity contribution < 1.29 is 10.3 Å². The highest BCUT2D eigenvalue weighted by atomic mass is 16.4. The van der Waals surface area contributed by atoms with Gasteiger partial charge in [0.2, 0.25) is 0 Å². The van der Waals surface area contributed by atoms with Gasteiger partial charge in [-0.25, -0.2) is 0 Å². The van der Waals surface area contributed by atoms with Crippen LogP contribution in [0.2, 0.25) is 0 Å². The summed E-state index contributed by atoms with van der Waals surface area (Å²) < 4.78 is 0. The fourth-order valence-corrected chi connectivity index (χ4v) is 2.28. The van der Waals surface area contributed by atoms with Crippen LogP contribution in [0.5, 0.6) is 0 Å². The molecule has 20 heavy (non-hydrogen) atoms. The average Bonchev–Trinajstić information content (AvgIpc) is 2.36. The molecule has 0 radical (unpaired) electrons. The van der Waals surface area contributed by atoms with Gasteiger partial charge in [0.15, 0.2) is 5.84 Å². The topological polar surface area (TPSA) is 104 Å². The van der Waals surface area contributed by atoms with Gasteiger partial charge in [0.05, 0.1) is 5.60 Å². The largest absolute Gasteiger partial charge is 0.409 e. The monoisotopic (exact) mass is 280 g/mol. The van der Waals surface area contributed by atoms with Gasteiger partial charge in [0, 0.05) is 19.3 Å². The number of amidine groups is 1. The Hall–Kier alpha value is -1.66. The molecule has 6 nitrogen and oxygen atoms in total. The maximum atomic E-state index is 10.2. The summed E-state index contributed by atoms with van der Waals surface area (Å²) in [6.07, 6.45) is 2.31. The third-order valence-electron chi connectivity index (χ3n) is 2.91. The van der Waals surface area contributed by atoms with E-state index in [1.54, 1.807) is 12.3 Å². The molecule has 0 spiro atoms. The van der Waals surface area contributed by atoms with Crippen molar-refractivity contribution in [2.24, 2.45) is 16.8 Å². The minimum Gasteiger partial charge on any atom is -0.409 e. The van der Waals surface area contributed by atoms with Crippen LogP contribution in [-0.4, -0.2) is 33.3 Å². The van der Waals surface area contributed by atoms with E-state index in [2.05, 4.69) is 29.3 Å². The predicted molar refractivity (Wildman–Crippen MR) is 78.5 cm³/mol. The van der Waals surface area contributed by atoms with Crippen molar-refractivity contribution >= 4 is 5.84 Å². The molecule has 0 aliphatic heterocycles. The summed E-state index contributed by atoms with van der Waals surface area (Å²) in [4.78, 5) is 4.09. The molecule has 0 saturated heterocycles. The number of hydrogen-bond acceptors (Lipinski definition) is 5. The fraction of sp³-hybridized carbons (Fsp3) is 0.571. The molecular formula is C14H24N4O2. The Bertz CT molecular complexity index is 458. The van der Waals surface area contributed by atoms with Gasteiger partial charge in [0.25, 0.3) is 0 Å². The smallest absolute Gasteiger partial charge is 0.189 e. The number of nitrogens with one attached hydrogen (secondary N) is 1. The van der Waals surface area contributed by atoms with Crippen LogP contribution in [0.15, 0.2) is 23.5 Å². The highest BCUT2D eigenvalue weighted by Crippen LogP contribution is 2.15. The molecule has 1 rings (SSSR count). The third-order valence-corrected chi connectivity index (χ3v) is 2.91. The number of rotatable bonds is 7. The molecule has 1 atom stereocenters. The zero-order chi connectivity index (χ0) is 15.2. The van der Waals surface area contributed by atoms with Crippen LogP contribution in [0.3, 0.4) is 0 Å². The molecule has 0 saturated carbocycles. The van der Waals surface area contributed by atoms with Crippen LogP contribution < -0.4 is 11.1 Å². The second-order valence-electron chi connectivity index (χ2n) is 5.69. The van der Waals surface area contributed by atoms with Crippen LogP contribution in [0.25, 0.3) is 0 Å². The third kappa shape index (κ3) is 5.14. The number of aliphatic hydroxyl groups is 1. The van der Waals surface area contributed by atoms with Gasteiger partial charge in [-0.1, -0.05) is 25.1 Å². The summed E-state index contributed by atoms with van der Waals surface area (Å²) in [6.45, 7) is 6.93. The highest BCUT2D eigenvalue weighted by Gasteiger charge is 2.21. The normalized spacial score (nSPS) is 15.3. The van der Waals surface area contributed by atoms with Crippen molar-refractivity contribution in [2.45, 2.75) is 39.3 Å². The number of nitrogens with two attached hydrogens (primary N) is 1. The second-order valence-corrected chi connectivity index (χ2v) is 5.69. The first-order valence-electron chi connectivity index (χ1n) is 6.70. The minimum atomic E-state index is -0.757. The van der Waals surface area contributed by atoms with Crippen molar-refractivity contribution in [3.8, 4) is 0 Å². The number of nitrogens with zero attached hydrogens (tertiary/aromatic N) is 2. The summed E-state index contributed by atoms with van der Waals surface area (Å²) in [5, 5.41) is 25.1. The van der Waals surface area contributed by atoms with E-state index in [0.29, 0.717) is 24.7 Å². The average molecular weight is 280 g/mol. The molecule has 6 heteroatoms. The Morgan fingerprint density at radius 3 is 2.85 bits per heavy atom. The number of aromatic nitrogens is 1. The van der Waals surface area contributed by atoms with Crippen molar-refractivity contribution in [2.75, 3.05) is 6.54 Å². The van der Waals surface area contributed by atoms with E-state index in [1.165, 1.54) is 0 Å². The first-order chi connectivity index (χ1) is 9.35. The minimum absolute atomic E-state index is 0.0173. The molecule has 1 aromatic rings. The molecule has 0 aliphatic carbocycles. The maximum Gasteiger partial charge on any atom is 0.189 e. The van der Waals surface area contributed by atoms with Crippen LogP contribution in [-0.2, 0) is 6.54 Å². The summed E-state index contributed by atoms with van der Waals surface area (Å²) in [7, 11) is 0. The van der Waals surface area contributed by atoms with Crippen molar-refractivity contribution in [1.29, 1.82) is 0 Å². The number of pyridine rings is 1. The molecule has 0 bridgehead atoms. The van der Waals surface area contributed by atoms with Gasteiger partial charge < -0.3 is 21.4 Å². The van der Waals surface area contributed by atoms with Crippen molar-refractivity contribution in [3.05, 3.63) is 29.6 Å². The molecule has 0 aliphatic rings. The zero-order valence-electron chi connectivity index (χ0n) is 12.3. The first kappa shape index (κ1) is 16.4. The van der Waals surface area contributed by atoms with Gasteiger partial charge in [0.1, 0.15) is 5.69 Å². The second kappa shape index (κ2) is 7.21. The van der Waals surface area contributed by atoms with E-state index in [0.717, 1.165) is 12.0 Å². The summed E-state index contributed by atoms with van der Waals surface area (Å²) in [6, 6.07) is 3.64. The molecule has 112 valence electrons. The predicted octanol–water partition coefficient (Wildman–Crippen LogP) is 1.06. The van der Waals surface area contributed by atoms with Crippen molar-refractivity contribution in [3.63, 3.8) is 0 Å². The van der Waals surface area contributed by atoms with E-state index in [-0.39, 0.29) is 5.84 Å². The van der Waals surface area contributed by atoms with Crippen LogP contribution >= 0.6 is 0 Å². The first-order valence-corrected chi connectivity index (χ1v) is 6.70. The van der Waals surface area contributed by atoms with Gasteiger partial charge in [-0.2, -0.15) is 0 Å². The van der Waals surface area contributed by atoms with Gasteiger partial charge in [-0.15, -0.1) is 0 Å². The molecule has 5 N–H and O–H groups in total. The molecule has 0 fully saturated rings. The summed E-state index contributed by atoms with van der Waals surface area (Å²) in [5.74, 6) is 0.411. The van der Waals surface area contributed by atoms with Crippen LogP contribution in [0, 0.1) is 5.92 Å². The van der Waals surface area contributed by atoms with Crippen LogP contribution in [0.4, 0.5) is 0 Å². The Morgan fingerprint density at radius 2 is 2.25 bits per heavy atom. The standard InChI is InChI=1S/C14H24N4O2/c1-10(2)7-14(3,19)9-16-8-11-5-4-6-17-12(11)13(15)18-20/h4-6,10,16,19-20H,7-9H2,1-3H3,(H2,15,18). The lowest BCUT2D eigenvalue weighted by molar-refractivity contribution is 0.0383. The number of hydrogen-bond donors (Lipinski definition) is 4. The van der Waals surface area contributed by atoms with E-state index >= 15 is 0 Å². The molecule has 1 unspecified atom stereocenters. The summed E-state index contributed by atoms with van der Waals surface area (Å²) >= 11 is 0. The molecule has 1 heterocycles. The van der Waals surface area contributed by atoms with Gasteiger partial charge >= 0.3 is 0 Å². The Kier molecular flexibility index (Phi) is 5.91. The molecule has 0 amide bonds. The fourth-order valence-electron chi connectivity index (χ4n) is 2.28. The van der Waals surface area contributed by atoms with E-state index in [4.69, 9.17) is 10.9 Å². The van der Waals surface area contributed by atoms with E-state index in [9.17, 15) is 5.11 Å². The lowest BCUT2D eigenvalue weighted by Crippen LogP contribution is -2.39. The molecule has 0 aromatic carbocycles. The lowest BCUT2D eigenvalue weighted by atomic mass is 9.94. The Morgan fingerprint density at radius 1 is 1.55 bits per heavy atom. The summed E-state index contributed by atoms with van der Waals surface area (Å²) in [5.41, 5.74) is 6.09. The van der Waals surface area contributed by atoms with Gasteiger partial charge in [-0.05, 0) is 30.9 Å². The lowest BCUT2D eigenvalue weighted by Gasteiger charge is -2.25. The molecule has 1 aromatic heterocycles. The van der Waals surface area contributed by atoms with Crippen molar-refractivity contribution in [1.82, 2.24) is 10.3 Å². The maximum absolute atomic E-state index is 10.2. The Labute approximate surface area is 119 Å². The SMILES string of the molecule is CC(C)CC(C)(O)CNCc1cccnc1C(N)=NO. The molecular weight excluding hydrogens is 256 g/mol. The van der Waals surface area contributed by atoms with Crippen LogP contribution in [0.1, 0.15) is 38.4 Å². The van der Waals surface area contributed by atoms with E-state index < -0.39 is 5.60 Å². The van der Waals surface area contributed by atoms with Gasteiger partial charge in [-0.3, -0.25) is 4.98 Å². The zero-order valence-corrected chi connectivity index (χ0v) is 12.3. The van der Waals surface area contributed by atoms with E-state index in [1.807, 2.05) is 13.0 Å². The number of oxime groups is 1. The highest BCUT2D eigenvalue weighted by molar-refractivity contribution is 5.96. The quantitative estimate of drug-likeness (QED) is 0.259. The Balaban J connectivity index is 2.63.